The number of hydrogen-bond acceptors (Lipinski definition) is 3. The molecule has 3 aromatic carbocycles. The third-order valence-electron chi connectivity index (χ3n) is 6.72. The lowest BCUT2D eigenvalue weighted by Gasteiger charge is -2.33. The van der Waals surface area contributed by atoms with Crippen LogP contribution in [0.1, 0.15) is 57.1 Å². The Morgan fingerprint density at radius 3 is 1.94 bits per heavy atom. The molecular weight excluding hydrogens is 452 g/mol. The van der Waals surface area contributed by atoms with E-state index in [9.17, 15) is 13.5 Å². The summed E-state index contributed by atoms with van der Waals surface area (Å²) in [5, 5.41) is 10.6. The van der Waals surface area contributed by atoms with Crippen molar-refractivity contribution in [3.8, 4) is 0 Å². The molecule has 0 saturated carbocycles. The molecular formula is C31H38O3S. The molecule has 3 rings (SSSR count). The molecule has 35 heavy (non-hydrogen) atoms. The standard InChI is InChI=1S/C31H38O3S/c1-26(22-23-27-15-6-3-7-16-27)14-12-13-21-30(35(33,34)29-19-10-5-11-20-29)31(2,32)25-24-28-17-8-4-9-18-28/h3-11,14-20,30,32H,12-13,21-25H2,1-2H3/b26-14+. The van der Waals surface area contributed by atoms with E-state index < -0.39 is 20.7 Å². The summed E-state index contributed by atoms with van der Waals surface area (Å²) in [7, 11) is -3.68. The molecule has 2 unspecified atom stereocenters. The van der Waals surface area contributed by atoms with E-state index in [2.05, 4.69) is 37.3 Å². The van der Waals surface area contributed by atoms with Crippen LogP contribution in [-0.2, 0) is 22.7 Å². The lowest BCUT2D eigenvalue weighted by Crippen LogP contribution is -2.45. The quantitative estimate of drug-likeness (QED) is 0.208. The van der Waals surface area contributed by atoms with Gasteiger partial charge in [-0.3, -0.25) is 0 Å². The number of benzene rings is 3. The van der Waals surface area contributed by atoms with Gasteiger partial charge in [0.15, 0.2) is 9.84 Å². The molecule has 0 radical (unpaired) electrons. The summed E-state index contributed by atoms with van der Waals surface area (Å²) < 4.78 is 27.2. The topological polar surface area (TPSA) is 54.4 Å². The normalized spacial score (nSPS) is 14.9. The molecule has 0 fully saturated rings. The second kappa shape index (κ2) is 12.9. The van der Waals surface area contributed by atoms with E-state index in [-0.39, 0.29) is 4.90 Å². The molecule has 0 aromatic heterocycles. The van der Waals surface area contributed by atoms with Crippen LogP contribution in [0.3, 0.4) is 0 Å². The minimum atomic E-state index is -3.68. The summed E-state index contributed by atoms with van der Waals surface area (Å²) in [4.78, 5) is 0.277. The number of allylic oxidation sites excluding steroid dienone is 2. The lowest BCUT2D eigenvalue weighted by atomic mass is 9.90. The number of aliphatic hydroxyl groups is 1. The monoisotopic (exact) mass is 490 g/mol. The van der Waals surface area contributed by atoms with Crippen molar-refractivity contribution >= 4 is 9.84 Å². The van der Waals surface area contributed by atoms with Crippen LogP contribution in [0, 0.1) is 0 Å². The SMILES string of the molecule is C/C(=C\CCCC(C(C)(O)CCc1ccccc1)S(=O)(=O)c1ccccc1)CCc1ccccc1. The predicted octanol–water partition coefficient (Wildman–Crippen LogP) is 6.96. The van der Waals surface area contributed by atoms with Gasteiger partial charge in [-0.15, -0.1) is 0 Å². The maximum atomic E-state index is 13.6. The Morgan fingerprint density at radius 2 is 1.37 bits per heavy atom. The first-order valence-corrected chi connectivity index (χ1v) is 14.1. The number of sulfone groups is 1. The molecule has 0 aliphatic carbocycles. The summed E-state index contributed by atoms with van der Waals surface area (Å²) in [5.41, 5.74) is 2.40. The van der Waals surface area contributed by atoms with Crippen molar-refractivity contribution in [2.45, 2.75) is 74.5 Å². The van der Waals surface area contributed by atoms with Gasteiger partial charge in [-0.05, 0) is 82.1 Å². The van der Waals surface area contributed by atoms with Crippen molar-refractivity contribution in [1.82, 2.24) is 0 Å². The first-order chi connectivity index (χ1) is 16.8. The molecule has 186 valence electrons. The Hall–Kier alpha value is -2.69. The zero-order valence-electron chi connectivity index (χ0n) is 20.9. The molecule has 3 aromatic rings. The molecule has 2 atom stereocenters. The van der Waals surface area contributed by atoms with Crippen LogP contribution in [0.15, 0.2) is 108 Å². The molecule has 0 aliphatic rings. The van der Waals surface area contributed by atoms with E-state index in [0.29, 0.717) is 25.7 Å². The van der Waals surface area contributed by atoms with Gasteiger partial charge >= 0.3 is 0 Å². The van der Waals surface area contributed by atoms with E-state index in [1.807, 2.05) is 42.5 Å². The van der Waals surface area contributed by atoms with E-state index in [1.54, 1.807) is 31.2 Å². The zero-order valence-corrected chi connectivity index (χ0v) is 21.8. The maximum Gasteiger partial charge on any atom is 0.184 e. The molecule has 4 heteroatoms. The minimum absolute atomic E-state index is 0.277. The van der Waals surface area contributed by atoms with E-state index >= 15 is 0 Å². The minimum Gasteiger partial charge on any atom is -0.389 e. The summed E-state index contributed by atoms with van der Waals surface area (Å²) >= 11 is 0. The Bertz CT molecular complexity index is 1150. The molecule has 3 nitrogen and oxygen atoms in total. The summed E-state index contributed by atoms with van der Waals surface area (Å²) in [6.07, 6.45) is 7.16. The Kier molecular flexibility index (Phi) is 9.88. The summed E-state index contributed by atoms with van der Waals surface area (Å²) in [5.74, 6) is 0. The van der Waals surface area contributed by atoms with Crippen molar-refractivity contribution in [3.05, 3.63) is 114 Å². The fourth-order valence-electron chi connectivity index (χ4n) is 4.52. The largest absolute Gasteiger partial charge is 0.389 e. The fourth-order valence-corrected chi connectivity index (χ4v) is 6.65. The smallest absolute Gasteiger partial charge is 0.184 e. The van der Waals surface area contributed by atoms with Gasteiger partial charge in [0.05, 0.1) is 15.7 Å². The number of rotatable bonds is 13. The Labute approximate surface area is 211 Å². The molecule has 0 bridgehead atoms. The predicted molar refractivity (Wildman–Crippen MR) is 145 cm³/mol. The number of aryl methyl sites for hydroxylation is 2. The zero-order chi connectivity index (χ0) is 25.2. The van der Waals surface area contributed by atoms with E-state index in [0.717, 1.165) is 24.8 Å². The number of hydrogen-bond donors (Lipinski definition) is 1. The third kappa shape index (κ3) is 8.19. The van der Waals surface area contributed by atoms with Crippen LogP contribution in [0.4, 0.5) is 0 Å². The first-order valence-electron chi connectivity index (χ1n) is 12.5. The Balaban J connectivity index is 1.67. The Morgan fingerprint density at radius 1 is 0.857 bits per heavy atom. The molecule has 0 amide bonds. The average molecular weight is 491 g/mol. The van der Waals surface area contributed by atoms with Crippen molar-refractivity contribution < 1.29 is 13.5 Å². The lowest BCUT2D eigenvalue weighted by molar-refractivity contribution is 0.0433. The fraction of sp³-hybridized carbons (Fsp3) is 0.355. The van der Waals surface area contributed by atoms with Crippen LogP contribution in [0.25, 0.3) is 0 Å². The van der Waals surface area contributed by atoms with Gasteiger partial charge < -0.3 is 5.11 Å². The second-order valence-corrected chi connectivity index (χ2v) is 11.8. The van der Waals surface area contributed by atoms with Gasteiger partial charge in [-0.25, -0.2) is 8.42 Å². The highest BCUT2D eigenvalue weighted by molar-refractivity contribution is 7.92. The molecule has 1 N–H and O–H groups in total. The van der Waals surface area contributed by atoms with Crippen LogP contribution in [0.2, 0.25) is 0 Å². The maximum absolute atomic E-state index is 13.6. The van der Waals surface area contributed by atoms with E-state index in [1.165, 1.54) is 11.1 Å². The first kappa shape index (κ1) is 26.9. The van der Waals surface area contributed by atoms with Crippen LogP contribution >= 0.6 is 0 Å². The van der Waals surface area contributed by atoms with Crippen LogP contribution in [0.5, 0.6) is 0 Å². The van der Waals surface area contributed by atoms with Crippen LogP contribution < -0.4 is 0 Å². The summed E-state index contributed by atoms with van der Waals surface area (Å²) in [6.45, 7) is 3.82. The van der Waals surface area contributed by atoms with Gasteiger partial charge in [0.25, 0.3) is 0 Å². The van der Waals surface area contributed by atoms with E-state index in [4.69, 9.17) is 0 Å². The molecule has 0 heterocycles. The highest BCUT2D eigenvalue weighted by Gasteiger charge is 2.41. The second-order valence-electron chi connectivity index (χ2n) is 9.66. The van der Waals surface area contributed by atoms with Crippen molar-refractivity contribution in [3.63, 3.8) is 0 Å². The average Bonchev–Trinajstić information content (AvgIpc) is 2.87. The molecule has 0 aliphatic heterocycles. The highest BCUT2D eigenvalue weighted by Crippen LogP contribution is 2.32. The van der Waals surface area contributed by atoms with Gasteiger partial charge in [-0.1, -0.05) is 90.5 Å². The molecule has 0 spiro atoms. The van der Waals surface area contributed by atoms with Gasteiger partial charge in [-0.2, -0.15) is 0 Å². The molecule has 0 saturated heterocycles. The number of unbranched alkanes of at least 4 members (excludes halogenated alkanes) is 1. The summed E-state index contributed by atoms with van der Waals surface area (Å²) in [6, 6.07) is 28.9. The highest BCUT2D eigenvalue weighted by atomic mass is 32.2. The van der Waals surface area contributed by atoms with Crippen molar-refractivity contribution in [1.29, 1.82) is 0 Å². The van der Waals surface area contributed by atoms with Gasteiger partial charge in [0, 0.05) is 0 Å². The van der Waals surface area contributed by atoms with Crippen molar-refractivity contribution in [2.75, 3.05) is 0 Å². The van der Waals surface area contributed by atoms with Gasteiger partial charge in [0.1, 0.15) is 0 Å². The van der Waals surface area contributed by atoms with Gasteiger partial charge in [0.2, 0.25) is 0 Å². The van der Waals surface area contributed by atoms with Crippen LogP contribution in [-0.4, -0.2) is 24.4 Å². The third-order valence-corrected chi connectivity index (χ3v) is 9.14. The van der Waals surface area contributed by atoms with Crippen molar-refractivity contribution in [2.24, 2.45) is 0 Å².